The number of guanidine groups is 1. The van der Waals surface area contributed by atoms with Crippen LogP contribution in [0.15, 0.2) is 53.5 Å². The predicted octanol–water partition coefficient (Wildman–Crippen LogP) is 4.33. The van der Waals surface area contributed by atoms with Crippen LogP contribution < -0.4 is 14.8 Å². The maximum absolute atomic E-state index is 5.94. The molecule has 1 fully saturated rings. The van der Waals surface area contributed by atoms with E-state index in [1.165, 1.54) is 5.56 Å². The normalized spacial score (nSPS) is 16.0. The van der Waals surface area contributed by atoms with Crippen LogP contribution in [0.25, 0.3) is 0 Å². The van der Waals surface area contributed by atoms with Crippen molar-refractivity contribution in [2.24, 2.45) is 10.9 Å². The fraction of sp³-hybridized carbons (Fsp3) is 0.458. The first kappa shape index (κ1) is 25.3. The number of rotatable bonds is 9. The molecule has 0 aliphatic carbocycles. The van der Waals surface area contributed by atoms with Gasteiger partial charge in [0.2, 0.25) is 0 Å². The summed E-state index contributed by atoms with van der Waals surface area (Å²) in [5, 5.41) is 3.48. The van der Waals surface area contributed by atoms with Crippen LogP contribution in [0.3, 0.4) is 0 Å². The average molecular weight is 539 g/mol. The highest BCUT2D eigenvalue weighted by atomic mass is 127. The molecule has 1 atom stereocenters. The first-order valence-corrected chi connectivity index (χ1v) is 10.6. The summed E-state index contributed by atoms with van der Waals surface area (Å²) in [7, 11) is 3.49. The van der Waals surface area contributed by atoms with Gasteiger partial charge in [0.05, 0.1) is 26.9 Å². The molecule has 1 aliphatic heterocycles. The fourth-order valence-electron chi connectivity index (χ4n) is 3.69. The molecule has 1 heterocycles. The maximum Gasteiger partial charge on any atom is 0.193 e. The van der Waals surface area contributed by atoms with E-state index in [0.29, 0.717) is 25.7 Å². The Balaban J connectivity index is 0.00000341. The van der Waals surface area contributed by atoms with E-state index in [2.05, 4.69) is 27.3 Å². The molecule has 6 nitrogen and oxygen atoms in total. The Labute approximate surface area is 203 Å². The van der Waals surface area contributed by atoms with E-state index in [0.717, 1.165) is 49.1 Å². The Kier molecular flexibility index (Phi) is 10.9. The molecule has 31 heavy (non-hydrogen) atoms. The molecule has 2 aromatic rings. The van der Waals surface area contributed by atoms with Crippen LogP contribution in [-0.4, -0.2) is 51.3 Å². The minimum atomic E-state index is 0. The lowest BCUT2D eigenvalue weighted by Crippen LogP contribution is -2.39. The van der Waals surface area contributed by atoms with Crippen molar-refractivity contribution in [2.75, 3.05) is 40.5 Å². The molecule has 0 bridgehead atoms. The number of nitrogens with one attached hydrogen (secondary N) is 1. The van der Waals surface area contributed by atoms with Gasteiger partial charge in [-0.3, -0.25) is 4.99 Å². The van der Waals surface area contributed by atoms with Crippen molar-refractivity contribution in [3.63, 3.8) is 0 Å². The number of halogens is 1. The summed E-state index contributed by atoms with van der Waals surface area (Å²) in [6.07, 6.45) is 1.12. The lowest BCUT2D eigenvalue weighted by atomic mass is 10.1. The van der Waals surface area contributed by atoms with Gasteiger partial charge < -0.3 is 24.4 Å². The van der Waals surface area contributed by atoms with Crippen molar-refractivity contribution in [3.05, 3.63) is 59.7 Å². The van der Waals surface area contributed by atoms with Crippen LogP contribution in [0.4, 0.5) is 0 Å². The molecule has 1 N–H and O–H groups in total. The summed E-state index contributed by atoms with van der Waals surface area (Å²) in [5.41, 5.74) is 2.35. The molecule has 0 saturated carbocycles. The van der Waals surface area contributed by atoms with Crippen LogP contribution in [0.5, 0.6) is 11.5 Å². The highest BCUT2D eigenvalue weighted by molar-refractivity contribution is 14.0. The number of likely N-dealkylation sites (tertiary alicyclic amines) is 1. The monoisotopic (exact) mass is 539 g/mol. The summed E-state index contributed by atoms with van der Waals surface area (Å²) in [6, 6.07) is 16.3. The number of ether oxygens (including phenoxy) is 3. The quantitative estimate of drug-likeness (QED) is 0.292. The van der Waals surface area contributed by atoms with Crippen LogP contribution in [0.1, 0.15) is 24.5 Å². The number of methoxy groups -OCH3 is 1. The summed E-state index contributed by atoms with van der Waals surface area (Å²) >= 11 is 0. The van der Waals surface area contributed by atoms with Crippen molar-refractivity contribution in [3.8, 4) is 11.5 Å². The Morgan fingerprint density at radius 1 is 1.13 bits per heavy atom. The highest BCUT2D eigenvalue weighted by Gasteiger charge is 2.25. The smallest absolute Gasteiger partial charge is 0.193 e. The fourth-order valence-corrected chi connectivity index (χ4v) is 3.69. The molecule has 2 aromatic carbocycles. The zero-order valence-electron chi connectivity index (χ0n) is 18.7. The van der Waals surface area contributed by atoms with Gasteiger partial charge in [0.15, 0.2) is 17.5 Å². The summed E-state index contributed by atoms with van der Waals surface area (Å²) in [6.45, 7) is 6.66. The van der Waals surface area contributed by atoms with Gasteiger partial charge in [-0.1, -0.05) is 36.4 Å². The summed E-state index contributed by atoms with van der Waals surface area (Å²) in [5.74, 6) is 2.97. The van der Waals surface area contributed by atoms with Crippen LogP contribution in [0.2, 0.25) is 0 Å². The van der Waals surface area contributed by atoms with Gasteiger partial charge in [-0.15, -0.1) is 24.0 Å². The minimum absolute atomic E-state index is 0. The first-order valence-electron chi connectivity index (χ1n) is 10.6. The van der Waals surface area contributed by atoms with Crippen molar-refractivity contribution in [1.82, 2.24) is 10.2 Å². The lowest BCUT2D eigenvalue weighted by molar-refractivity contribution is 0.0906. The Bertz CT molecular complexity index is 817. The number of nitrogens with zero attached hydrogens (tertiary/aromatic N) is 2. The predicted molar refractivity (Wildman–Crippen MR) is 136 cm³/mol. The molecule has 3 rings (SSSR count). The molecule has 1 unspecified atom stereocenters. The SMILES string of the molecule is CCOc1cc(CNC(=NC)N2CCC(COCc3ccccc3)C2)ccc1OC.I. The second kappa shape index (κ2) is 13.4. The highest BCUT2D eigenvalue weighted by Crippen LogP contribution is 2.28. The van der Waals surface area contributed by atoms with Crippen molar-refractivity contribution < 1.29 is 14.2 Å². The molecule has 0 spiro atoms. The minimum Gasteiger partial charge on any atom is -0.493 e. The van der Waals surface area contributed by atoms with Gasteiger partial charge in [-0.2, -0.15) is 0 Å². The van der Waals surface area contributed by atoms with E-state index in [1.54, 1.807) is 7.11 Å². The van der Waals surface area contributed by atoms with E-state index < -0.39 is 0 Å². The molecule has 1 saturated heterocycles. The Morgan fingerprint density at radius 3 is 2.65 bits per heavy atom. The van der Waals surface area contributed by atoms with Crippen LogP contribution >= 0.6 is 24.0 Å². The third kappa shape index (κ3) is 7.57. The first-order chi connectivity index (χ1) is 14.7. The van der Waals surface area contributed by atoms with E-state index in [4.69, 9.17) is 14.2 Å². The number of aliphatic imine (C=N–C) groups is 1. The van der Waals surface area contributed by atoms with E-state index in [1.807, 2.05) is 50.4 Å². The molecule has 1 aliphatic rings. The van der Waals surface area contributed by atoms with Gasteiger partial charge in [0.25, 0.3) is 0 Å². The number of benzene rings is 2. The second-order valence-electron chi connectivity index (χ2n) is 7.42. The summed E-state index contributed by atoms with van der Waals surface area (Å²) < 4.78 is 17.0. The van der Waals surface area contributed by atoms with Gasteiger partial charge >= 0.3 is 0 Å². The summed E-state index contributed by atoms with van der Waals surface area (Å²) in [4.78, 5) is 6.78. The average Bonchev–Trinajstić information content (AvgIpc) is 3.24. The van der Waals surface area contributed by atoms with Crippen molar-refractivity contribution in [2.45, 2.75) is 26.5 Å². The number of hydrogen-bond donors (Lipinski definition) is 1. The molecular weight excluding hydrogens is 505 g/mol. The molecule has 7 heteroatoms. The third-order valence-corrected chi connectivity index (χ3v) is 5.24. The van der Waals surface area contributed by atoms with E-state index >= 15 is 0 Å². The number of hydrogen-bond acceptors (Lipinski definition) is 4. The van der Waals surface area contributed by atoms with E-state index in [9.17, 15) is 0 Å². The molecule has 0 radical (unpaired) electrons. The van der Waals surface area contributed by atoms with E-state index in [-0.39, 0.29) is 24.0 Å². The van der Waals surface area contributed by atoms with Gasteiger partial charge in [-0.25, -0.2) is 0 Å². The maximum atomic E-state index is 5.94. The Hall–Kier alpha value is -2.00. The molecule has 170 valence electrons. The standard InChI is InChI=1S/C24H33N3O3.HI/c1-4-30-23-14-20(10-11-22(23)28-3)15-26-24(25-2)27-13-12-21(16-27)18-29-17-19-8-6-5-7-9-19;/h5-11,14,21H,4,12-13,15-18H2,1-3H3,(H,25,26);1H. The molecule has 0 aromatic heterocycles. The zero-order chi connectivity index (χ0) is 21.2. The van der Waals surface area contributed by atoms with Gasteiger partial charge in [0, 0.05) is 32.6 Å². The molecule has 0 amide bonds. The Morgan fingerprint density at radius 2 is 1.94 bits per heavy atom. The van der Waals surface area contributed by atoms with Crippen molar-refractivity contribution in [1.29, 1.82) is 0 Å². The largest absolute Gasteiger partial charge is 0.493 e. The second-order valence-corrected chi connectivity index (χ2v) is 7.42. The topological polar surface area (TPSA) is 55.3 Å². The zero-order valence-corrected chi connectivity index (χ0v) is 21.0. The van der Waals surface area contributed by atoms with Crippen LogP contribution in [-0.2, 0) is 17.9 Å². The van der Waals surface area contributed by atoms with Crippen molar-refractivity contribution >= 4 is 29.9 Å². The third-order valence-electron chi connectivity index (χ3n) is 5.24. The van der Waals surface area contributed by atoms with Gasteiger partial charge in [0.1, 0.15) is 0 Å². The lowest BCUT2D eigenvalue weighted by Gasteiger charge is -2.22. The van der Waals surface area contributed by atoms with Crippen LogP contribution in [0, 0.1) is 5.92 Å². The molecular formula is C24H34IN3O3. The van der Waals surface area contributed by atoms with Gasteiger partial charge in [-0.05, 0) is 36.6 Å².